The molecule has 76 valence electrons. The van der Waals surface area contributed by atoms with Gasteiger partial charge in [-0.05, 0) is 22.6 Å². The summed E-state index contributed by atoms with van der Waals surface area (Å²) >= 11 is 0. The lowest BCUT2D eigenvalue weighted by atomic mass is 9.87. The van der Waals surface area contributed by atoms with Gasteiger partial charge >= 0.3 is 0 Å². The topological polar surface area (TPSA) is 22.1 Å². The summed E-state index contributed by atoms with van der Waals surface area (Å²) in [5.41, 5.74) is 3.95. The summed E-state index contributed by atoms with van der Waals surface area (Å²) in [4.78, 5) is 4.51. The average Bonchev–Trinajstić information content (AvgIpc) is 2.16. The molecule has 0 saturated carbocycles. The number of fused-ring (bicyclic) bond motifs is 1. The van der Waals surface area contributed by atoms with E-state index in [-0.39, 0.29) is 5.41 Å². The molecule has 0 aromatic carbocycles. The van der Waals surface area contributed by atoms with Crippen LogP contribution in [0, 0.1) is 0 Å². The van der Waals surface area contributed by atoms with Gasteiger partial charge in [0.25, 0.3) is 0 Å². The van der Waals surface area contributed by atoms with Crippen LogP contribution in [0.1, 0.15) is 37.6 Å². The molecule has 0 N–H and O–H groups in total. The number of rotatable bonds is 0. The zero-order chi connectivity index (χ0) is 10.2. The SMILES string of the molecule is CC(C)(C)c1cnc2c(c1)COCC2. The number of hydrogen-bond donors (Lipinski definition) is 0. The van der Waals surface area contributed by atoms with Gasteiger partial charge in [-0.3, -0.25) is 4.98 Å². The summed E-state index contributed by atoms with van der Waals surface area (Å²) < 4.78 is 5.42. The van der Waals surface area contributed by atoms with Gasteiger partial charge in [-0.15, -0.1) is 0 Å². The van der Waals surface area contributed by atoms with Crippen molar-refractivity contribution in [3.63, 3.8) is 0 Å². The molecule has 0 saturated heterocycles. The maximum Gasteiger partial charge on any atom is 0.0734 e. The molecule has 14 heavy (non-hydrogen) atoms. The van der Waals surface area contributed by atoms with Gasteiger partial charge in [0.05, 0.1) is 13.2 Å². The molecule has 0 atom stereocenters. The van der Waals surface area contributed by atoms with E-state index < -0.39 is 0 Å². The van der Waals surface area contributed by atoms with Crippen molar-refractivity contribution < 1.29 is 4.74 Å². The van der Waals surface area contributed by atoms with Gasteiger partial charge < -0.3 is 4.74 Å². The quantitative estimate of drug-likeness (QED) is 0.628. The maximum absolute atomic E-state index is 5.42. The molecule has 2 rings (SSSR count). The van der Waals surface area contributed by atoms with Crippen molar-refractivity contribution in [1.82, 2.24) is 4.98 Å². The van der Waals surface area contributed by atoms with Gasteiger partial charge in [0.1, 0.15) is 0 Å². The second-order valence-electron chi connectivity index (χ2n) is 4.88. The van der Waals surface area contributed by atoms with Gasteiger partial charge in [-0.2, -0.15) is 0 Å². The van der Waals surface area contributed by atoms with Crippen molar-refractivity contribution >= 4 is 0 Å². The smallest absolute Gasteiger partial charge is 0.0734 e. The van der Waals surface area contributed by atoms with Crippen LogP contribution in [0.2, 0.25) is 0 Å². The first kappa shape index (κ1) is 9.66. The molecule has 2 heterocycles. The van der Waals surface area contributed by atoms with Crippen LogP contribution in [0.5, 0.6) is 0 Å². The van der Waals surface area contributed by atoms with Crippen LogP contribution < -0.4 is 0 Å². The van der Waals surface area contributed by atoms with Crippen LogP contribution >= 0.6 is 0 Å². The summed E-state index contributed by atoms with van der Waals surface area (Å²) in [7, 11) is 0. The second-order valence-corrected chi connectivity index (χ2v) is 4.88. The highest BCUT2D eigenvalue weighted by atomic mass is 16.5. The molecule has 0 aliphatic carbocycles. The fourth-order valence-corrected chi connectivity index (χ4v) is 1.65. The first-order valence-electron chi connectivity index (χ1n) is 5.13. The van der Waals surface area contributed by atoms with Crippen molar-refractivity contribution in [2.24, 2.45) is 0 Å². The van der Waals surface area contributed by atoms with Gasteiger partial charge in [0, 0.05) is 18.3 Å². The molecule has 0 fully saturated rings. The van der Waals surface area contributed by atoms with E-state index in [9.17, 15) is 0 Å². The van der Waals surface area contributed by atoms with Crippen molar-refractivity contribution in [3.05, 3.63) is 29.1 Å². The van der Waals surface area contributed by atoms with E-state index in [2.05, 4.69) is 31.8 Å². The molecule has 0 spiro atoms. The minimum absolute atomic E-state index is 0.180. The predicted octanol–water partition coefficient (Wildman–Crippen LogP) is 2.45. The zero-order valence-corrected chi connectivity index (χ0v) is 9.13. The summed E-state index contributed by atoms with van der Waals surface area (Å²) in [5.74, 6) is 0. The third-order valence-electron chi connectivity index (χ3n) is 2.67. The first-order chi connectivity index (χ1) is 6.57. The minimum atomic E-state index is 0.180. The summed E-state index contributed by atoms with van der Waals surface area (Å²) in [6.07, 6.45) is 2.96. The van der Waals surface area contributed by atoms with E-state index in [4.69, 9.17) is 4.74 Å². The molecule has 1 aliphatic heterocycles. The van der Waals surface area contributed by atoms with Gasteiger partial charge in [-0.25, -0.2) is 0 Å². The van der Waals surface area contributed by atoms with Gasteiger partial charge in [0.2, 0.25) is 0 Å². The molecule has 1 aliphatic rings. The Bertz CT molecular complexity index is 339. The highest BCUT2D eigenvalue weighted by Gasteiger charge is 2.17. The predicted molar refractivity (Wildman–Crippen MR) is 56.3 cm³/mol. The zero-order valence-electron chi connectivity index (χ0n) is 9.13. The fourth-order valence-electron chi connectivity index (χ4n) is 1.65. The number of pyridine rings is 1. The second kappa shape index (κ2) is 3.35. The standard InChI is InChI=1S/C12H17NO/c1-12(2,3)10-6-9-8-14-5-4-11(9)13-7-10/h6-7H,4-5,8H2,1-3H3. The van der Waals surface area contributed by atoms with E-state index >= 15 is 0 Å². The largest absolute Gasteiger partial charge is 0.376 e. The van der Waals surface area contributed by atoms with E-state index in [0.717, 1.165) is 19.6 Å². The van der Waals surface area contributed by atoms with Crippen LogP contribution in [0.4, 0.5) is 0 Å². The Balaban J connectivity index is 2.39. The van der Waals surface area contributed by atoms with Crippen molar-refractivity contribution in [3.8, 4) is 0 Å². The molecule has 0 bridgehead atoms. The molecular formula is C12H17NO. The van der Waals surface area contributed by atoms with Crippen molar-refractivity contribution in [2.45, 2.75) is 39.2 Å². The Morgan fingerprint density at radius 2 is 2.14 bits per heavy atom. The summed E-state index contributed by atoms with van der Waals surface area (Å²) in [5, 5.41) is 0. The van der Waals surface area contributed by atoms with Crippen LogP contribution in [-0.2, 0) is 23.2 Å². The summed E-state index contributed by atoms with van der Waals surface area (Å²) in [6, 6.07) is 2.24. The minimum Gasteiger partial charge on any atom is -0.376 e. The third kappa shape index (κ3) is 1.80. The Kier molecular flexibility index (Phi) is 2.31. The monoisotopic (exact) mass is 191 g/mol. The molecule has 1 aromatic rings. The molecule has 2 heteroatoms. The van der Waals surface area contributed by atoms with Crippen LogP contribution in [0.3, 0.4) is 0 Å². The Hall–Kier alpha value is -0.890. The lowest BCUT2D eigenvalue weighted by Gasteiger charge is -2.22. The molecule has 1 aromatic heterocycles. The summed E-state index contributed by atoms with van der Waals surface area (Å²) in [6.45, 7) is 8.17. The maximum atomic E-state index is 5.42. The van der Waals surface area contributed by atoms with E-state index in [0.29, 0.717) is 0 Å². The first-order valence-corrected chi connectivity index (χ1v) is 5.13. The number of hydrogen-bond acceptors (Lipinski definition) is 2. The van der Waals surface area contributed by atoms with E-state index in [1.807, 2.05) is 6.20 Å². The Morgan fingerprint density at radius 1 is 1.36 bits per heavy atom. The molecule has 0 amide bonds. The van der Waals surface area contributed by atoms with Gasteiger partial charge in [-0.1, -0.05) is 20.8 Å². The number of ether oxygens (including phenoxy) is 1. The third-order valence-corrected chi connectivity index (χ3v) is 2.67. The fraction of sp³-hybridized carbons (Fsp3) is 0.583. The molecule has 0 radical (unpaired) electrons. The van der Waals surface area contributed by atoms with Crippen LogP contribution in [-0.4, -0.2) is 11.6 Å². The lowest BCUT2D eigenvalue weighted by Crippen LogP contribution is -2.16. The van der Waals surface area contributed by atoms with Gasteiger partial charge in [0.15, 0.2) is 0 Å². The Morgan fingerprint density at radius 3 is 2.86 bits per heavy atom. The van der Waals surface area contributed by atoms with Crippen LogP contribution in [0.25, 0.3) is 0 Å². The van der Waals surface area contributed by atoms with E-state index in [1.54, 1.807) is 0 Å². The molecule has 2 nitrogen and oxygen atoms in total. The van der Waals surface area contributed by atoms with E-state index in [1.165, 1.54) is 16.8 Å². The highest BCUT2D eigenvalue weighted by molar-refractivity contribution is 5.30. The van der Waals surface area contributed by atoms with Crippen molar-refractivity contribution in [1.29, 1.82) is 0 Å². The number of nitrogens with zero attached hydrogens (tertiary/aromatic N) is 1. The number of aromatic nitrogens is 1. The Labute approximate surface area is 85.3 Å². The normalized spacial score (nSPS) is 16.5. The average molecular weight is 191 g/mol. The van der Waals surface area contributed by atoms with Crippen LogP contribution in [0.15, 0.2) is 12.3 Å². The van der Waals surface area contributed by atoms with Crippen molar-refractivity contribution in [2.75, 3.05) is 6.61 Å². The molecule has 0 unspecified atom stereocenters. The lowest BCUT2D eigenvalue weighted by molar-refractivity contribution is 0.109. The molecular weight excluding hydrogens is 174 g/mol. The highest BCUT2D eigenvalue weighted by Crippen LogP contribution is 2.24.